The molecule has 1 aromatic carbocycles. The quantitative estimate of drug-likeness (QED) is 0.665. The number of nitrogens with zero attached hydrogens (tertiary/aromatic N) is 2. The molecule has 2 heterocycles. The van der Waals surface area contributed by atoms with Gasteiger partial charge in [0, 0.05) is 6.07 Å². The lowest BCUT2D eigenvalue weighted by atomic mass is 10.2. The Labute approximate surface area is 136 Å². The molecule has 0 spiro atoms. The molecule has 0 unspecified atom stereocenters. The summed E-state index contributed by atoms with van der Waals surface area (Å²) < 4.78 is 5.68. The maximum absolute atomic E-state index is 11.9. The molecule has 8 nitrogen and oxygen atoms in total. The van der Waals surface area contributed by atoms with Crippen LogP contribution in [0.1, 0.15) is 23.1 Å². The number of amides is 1. The van der Waals surface area contributed by atoms with E-state index in [1.54, 1.807) is 12.1 Å². The molecule has 8 heteroatoms. The predicted molar refractivity (Wildman–Crippen MR) is 87.3 cm³/mol. The number of aromatic amines is 2. The highest BCUT2D eigenvalue weighted by molar-refractivity contribution is 6.01. The van der Waals surface area contributed by atoms with Gasteiger partial charge in [0.05, 0.1) is 11.9 Å². The van der Waals surface area contributed by atoms with Crippen molar-refractivity contribution in [2.45, 2.75) is 13.3 Å². The standard InChI is InChI=1S/C16H15N5O3/c1-2-10-4-3-5-12(8-10)24-13-7-6-11(9-17-13)18-15(22)14-19-16(23)21-20-14/h3-9H,2H2,1H3,(H,18,22)(H2,19,20,21,23). The average Bonchev–Trinajstić information content (AvgIpc) is 3.03. The van der Waals surface area contributed by atoms with Gasteiger partial charge in [0.1, 0.15) is 5.75 Å². The van der Waals surface area contributed by atoms with Crippen molar-refractivity contribution >= 4 is 11.6 Å². The fourth-order valence-electron chi connectivity index (χ4n) is 2.03. The Morgan fingerprint density at radius 1 is 1.29 bits per heavy atom. The number of ether oxygens (including phenoxy) is 1. The number of carbonyl (C=O) groups is 1. The van der Waals surface area contributed by atoms with Gasteiger partial charge >= 0.3 is 5.69 Å². The Balaban J connectivity index is 1.66. The van der Waals surface area contributed by atoms with Crippen molar-refractivity contribution in [1.82, 2.24) is 20.2 Å². The van der Waals surface area contributed by atoms with Crippen molar-refractivity contribution in [3.8, 4) is 11.6 Å². The fraction of sp³-hybridized carbons (Fsp3) is 0.125. The van der Waals surface area contributed by atoms with E-state index in [9.17, 15) is 9.59 Å². The molecular weight excluding hydrogens is 310 g/mol. The van der Waals surface area contributed by atoms with Crippen LogP contribution in [0.2, 0.25) is 0 Å². The van der Waals surface area contributed by atoms with E-state index >= 15 is 0 Å². The van der Waals surface area contributed by atoms with Gasteiger partial charge in [-0.05, 0) is 30.2 Å². The molecule has 0 atom stereocenters. The van der Waals surface area contributed by atoms with Crippen LogP contribution >= 0.6 is 0 Å². The van der Waals surface area contributed by atoms with Gasteiger partial charge in [0.25, 0.3) is 5.91 Å². The number of H-pyrrole nitrogens is 2. The third-order valence-electron chi connectivity index (χ3n) is 3.24. The molecule has 0 bridgehead atoms. The molecule has 3 aromatic rings. The first kappa shape index (κ1) is 15.5. The number of carbonyl (C=O) groups excluding carboxylic acids is 1. The molecule has 0 aliphatic carbocycles. The minimum Gasteiger partial charge on any atom is -0.439 e. The Bertz CT molecular complexity index is 898. The summed E-state index contributed by atoms with van der Waals surface area (Å²) >= 11 is 0. The maximum atomic E-state index is 11.9. The molecule has 0 aliphatic rings. The second-order valence-electron chi connectivity index (χ2n) is 4.97. The third kappa shape index (κ3) is 3.67. The minimum atomic E-state index is -0.545. The molecule has 2 aromatic heterocycles. The molecule has 24 heavy (non-hydrogen) atoms. The van der Waals surface area contributed by atoms with Gasteiger partial charge < -0.3 is 10.1 Å². The van der Waals surface area contributed by atoms with Gasteiger partial charge in [0.2, 0.25) is 11.7 Å². The van der Waals surface area contributed by atoms with Crippen LogP contribution in [-0.4, -0.2) is 26.1 Å². The topological polar surface area (TPSA) is 113 Å². The highest BCUT2D eigenvalue weighted by Crippen LogP contribution is 2.21. The first-order chi connectivity index (χ1) is 11.6. The predicted octanol–water partition coefficient (Wildman–Crippen LogP) is 2.10. The van der Waals surface area contributed by atoms with E-state index in [0.717, 1.165) is 6.42 Å². The number of aryl methyl sites for hydroxylation is 1. The SMILES string of the molecule is CCc1cccc(Oc2ccc(NC(=O)c3n[nH]c(=O)[nH]3)cn2)c1. The number of hydrogen-bond acceptors (Lipinski definition) is 5. The molecule has 0 saturated heterocycles. The van der Waals surface area contributed by atoms with Crippen LogP contribution in [-0.2, 0) is 6.42 Å². The molecule has 0 aliphatic heterocycles. The van der Waals surface area contributed by atoms with Gasteiger partial charge in [-0.25, -0.2) is 14.9 Å². The number of hydrogen-bond donors (Lipinski definition) is 3. The highest BCUT2D eigenvalue weighted by atomic mass is 16.5. The average molecular weight is 325 g/mol. The van der Waals surface area contributed by atoms with E-state index in [-0.39, 0.29) is 5.82 Å². The van der Waals surface area contributed by atoms with Gasteiger partial charge in [-0.3, -0.25) is 9.78 Å². The minimum absolute atomic E-state index is 0.100. The zero-order valence-electron chi connectivity index (χ0n) is 12.9. The van der Waals surface area contributed by atoms with Crippen molar-refractivity contribution in [3.63, 3.8) is 0 Å². The Kier molecular flexibility index (Phi) is 4.37. The van der Waals surface area contributed by atoms with Gasteiger partial charge in [-0.15, -0.1) is 5.10 Å². The molecule has 1 amide bonds. The Morgan fingerprint density at radius 2 is 2.17 bits per heavy atom. The number of benzene rings is 1. The van der Waals surface area contributed by atoms with E-state index in [1.165, 1.54) is 11.8 Å². The summed E-state index contributed by atoms with van der Waals surface area (Å²) in [6.45, 7) is 2.07. The number of pyridine rings is 1. The van der Waals surface area contributed by atoms with Crippen LogP contribution in [0.25, 0.3) is 0 Å². The summed E-state index contributed by atoms with van der Waals surface area (Å²) in [5.41, 5.74) is 1.08. The molecule has 3 rings (SSSR count). The number of nitrogens with one attached hydrogen (secondary N) is 3. The monoisotopic (exact) mass is 325 g/mol. The van der Waals surface area contributed by atoms with E-state index < -0.39 is 11.6 Å². The molecular formula is C16H15N5O3. The third-order valence-corrected chi connectivity index (χ3v) is 3.24. The Morgan fingerprint density at radius 3 is 2.83 bits per heavy atom. The van der Waals surface area contributed by atoms with Crippen molar-refractivity contribution < 1.29 is 9.53 Å². The largest absolute Gasteiger partial charge is 0.439 e. The van der Waals surface area contributed by atoms with E-state index in [2.05, 4.69) is 32.4 Å². The van der Waals surface area contributed by atoms with Crippen LogP contribution < -0.4 is 15.7 Å². The smallest absolute Gasteiger partial charge is 0.341 e. The summed E-state index contributed by atoms with van der Waals surface area (Å²) in [7, 11) is 0. The van der Waals surface area contributed by atoms with E-state index in [0.29, 0.717) is 17.3 Å². The van der Waals surface area contributed by atoms with Crippen molar-refractivity contribution in [2.24, 2.45) is 0 Å². The molecule has 122 valence electrons. The molecule has 0 radical (unpaired) electrons. The lowest BCUT2D eigenvalue weighted by Crippen LogP contribution is -2.15. The highest BCUT2D eigenvalue weighted by Gasteiger charge is 2.10. The molecule has 0 fully saturated rings. The molecule has 3 N–H and O–H groups in total. The van der Waals surface area contributed by atoms with Crippen LogP contribution in [0.15, 0.2) is 47.4 Å². The summed E-state index contributed by atoms with van der Waals surface area (Å²) in [5.74, 6) is 0.471. The lowest BCUT2D eigenvalue weighted by Gasteiger charge is -2.07. The zero-order valence-corrected chi connectivity index (χ0v) is 12.9. The van der Waals surface area contributed by atoms with Gasteiger partial charge in [-0.2, -0.15) is 0 Å². The van der Waals surface area contributed by atoms with Crippen LogP contribution in [0.3, 0.4) is 0 Å². The lowest BCUT2D eigenvalue weighted by molar-refractivity contribution is 0.101. The van der Waals surface area contributed by atoms with Crippen LogP contribution in [0.4, 0.5) is 5.69 Å². The van der Waals surface area contributed by atoms with E-state index in [1.807, 2.05) is 24.3 Å². The van der Waals surface area contributed by atoms with Crippen molar-refractivity contribution in [3.05, 3.63) is 64.5 Å². The number of anilines is 1. The Hall–Kier alpha value is -3.42. The van der Waals surface area contributed by atoms with Crippen LogP contribution in [0.5, 0.6) is 11.6 Å². The maximum Gasteiger partial charge on any atom is 0.341 e. The fourth-order valence-corrected chi connectivity index (χ4v) is 2.03. The van der Waals surface area contributed by atoms with Crippen molar-refractivity contribution in [1.29, 1.82) is 0 Å². The summed E-state index contributed by atoms with van der Waals surface area (Å²) in [6.07, 6.45) is 2.38. The summed E-state index contributed by atoms with van der Waals surface area (Å²) in [6, 6.07) is 11.0. The van der Waals surface area contributed by atoms with Gasteiger partial charge in [-0.1, -0.05) is 19.1 Å². The van der Waals surface area contributed by atoms with Crippen LogP contribution in [0, 0.1) is 0 Å². The van der Waals surface area contributed by atoms with E-state index in [4.69, 9.17) is 4.74 Å². The van der Waals surface area contributed by atoms with Crippen molar-refractivity contribution in [2.75, 3.05) is 5.32 Å². The second kappa shape index (κ2) is 6.78. The normalized spacial score (nSPS) is 10.4. The first-order valence-electron chi connectivity index (χ1n) is 7.33. The zero-order chi connectivity index (χ0) is 16.9. The second-order valence-corrected chi connectivity index (χ2v) is 4.97. The summed E-state index contributed by atoms with van der Waals surface area (Å²) in [4.78, 5) is 29.2. The first-order valence-corrected chi connectivity index (χ1v) is 7.33. The van der Waals surface area contributed by atoms with Gasteiger partial charge in [0.15, 0.2) is 0 Å². The number of aromatic nitrogens is 4. The molecule has 0 saturated carbocycles. The summed E-state index contributed by atoms with van der Waals surface area (Å²) in [5, 5.41) is 8.25. The number of rotatable bonds is 5.